The summed E-state index contributed by atoms with van der Waals surface area (Å²) in [5.74, 6) is 0. The molecule has 1 atom stereocenters. The van der Waals surface area contributed by atoms with Gasteiger partial charge < -0.3 is 4.74 Å². The van der Waals surface area contributed by atoms with Crippen molar-refractivity contribution in [3.63, 3.8) is 0 Å². The lowest BCUT2D eigenvalue weighted by Crippen LogP contribution is -2.48. The summed E-state index contributed by atoms with van der Waals surface area (Å²) < 4.78 is 33.2. The minimum atomic E-state index is -3.53. The maximum atomic E-state index is 13.1. The van der Waals surface area contributed by atoms with Gasteiger partial charge in [-0.2, -0.15) is 4.31 Å². The molecular formula is C17H21N3O3S. The van der Waals surface area contributed by atoms with E-state index in [9.17, 15) is 8.42 Å². The zero-order valence-corrected chi connectivity index (χ0v) is 14.4. The molecule has 1 aliphatic rings. The van der Waals surface area contributed by atoms with E-state index in [1.54, 1.807) is 35.0 Å². The van der Waals surface area contributed by atoms with E-state index in [0.717, 1.165) is 11.3 Å². The Morgan fingerprint density at radius 2 is 2.12 bits per heavy atom. The number of morpholine rings is 1. The first-order valence-corrected chi connectivity index (χ1v) is 9.43. The van der Waals surface area contributed by atoms with E-state index < -0.39 is 10.0 Å². The van der Waals surface area contributed by atoms with Crippen molar-refractivity contribution in [2.75, 3.05) is 19.8 Å². The van der Waals surface area contributed by atoms with Crippen LogP contribution in [-0.2, 0) is 21.2 Å². The molecule has 1 aliphatic heterocycles. The first-order chi connectivity index (χ1) is 11.6. The summed E-state index contributed by atoms with van der Waals surface area (Å²) in [4.78, 5) is 8.67. The molecule has 2 heterocycles. The van der Waals surface area contributed by atoms with Crippen LogP contribution in [0.4, 0.5) is 0 Å². The number of sulfonamides is 1. The Kier molecular flexibility index (Phi) is 5.23. The van der Waals surface area contributed by atoms with E-state index in [1.165, 1.54) is 0 Å². The van der Waals surface area contributed by atoms with Crippen LogP contribution in [0.3, 0.4) is 0 Å². The molecule has 0 N–H and O–H groups in total. The number of hydrogen-bond donors (Lipinski definition) is 0. The van der Waals surface area contributed by atoms with Crippen LogP contribution in [0.2, 0.25) is 0 Å². The van der Waals surface area contributed by atoms with Crippen molar-refractivity contribution >= 4 is 10.0 Å². The van der Waals surface area contributed by atoms with Gasteiger partial charge in [0, 0.05) is 31.2 Å². The standard InChI is InChI=1S/C17H21N3O3S/c1-14-4-2-3-5-17(14)24(21,22)20-10-11-23-13-16(20)7-6-15-12-18-8-9-19-15/h2-5,8-9,12,16H,6-7,10-11,13H2,1H3/t16-/m1/s1. The maximum Gasteiger partial charge on any atom is 0.243 e. The van der Waals surface area contributed by atoms with Crippen LogP contribution >= 0.6 is 0 Å². The Bertz CT molecular complexity index is 781. The van der Waals surface area contributed by atoms with E-state index in [-0.39, 0.29) is 6.04 Å². The first kappa shape index (κ1) is 17.0. The monoisotopic (exact) mass is 347 g/mol. The normalized spacial score (nSPS) is 19.3. The van der Waals surface area contributed by atoms with Crippen molar-refractivity contribution in [1.82, 2.24) is 14.3 Å². The van der Waals surface area contributed by atoms with Crippen LogP contribution in [0.5, 0.6) is 0 Å². The highest BCUT2D eigenvalue weighted by atomic mass is 32.2. The van der Waals surface area contributed by atoms with Gasteiger partial charge in [0.05, 0.1) is 23.8 Å². The predicted octanol–water partition coefficient (Wildman–Crippen LogP) is 1.81. The van der Waals surface area contributed by atoms with E-state index in [2.05, 4.69) is 9.97 Å². The largest absolute Gasteiger partial charge is 0.378 e. The van der Waals surface area contributed by atoms with Gasteiger partial charge in [0.25, 0.3) is 0 Å². The van der Waals surface area contributed by atoms with Crippen LogP contribution < -0.4 is 0 Å². The van der Waals surface area contributed by atoms with Gasteiger partial charge in [0.2, 0.25) is 10.0 Å². The molecule has 0 aliphatic carbocycles. The number of ether oxygens (including phenoxy) is 1. The second-order valence-electron chi connectivity index (χ2n) is 5.85. The Balaban J connectivity index is 1.80. The molecule has 7 heteroatoms. The third-order valence-corrected chi connectivity index (χ3v) is 6.32. The predicted molar refractivity (Wildman–Crippen MR) is 90.0 cm³/mol. The minimum Gasteiger partial charge on any atom is -0.378 e. The van der Waals surface area contributed by atoms with Crippen LogP contribution in [0, 0.1) is 6.92 Å². The third-order valence-electron chi connectivity index (χ3n) is 4.20. The second kappa shape index (κ2) is 7.38. The molecule has 1 saturated heterocycles. The minimum absolute atomic E-state index is 0.189. The molecule has 6 nitrogen and oxygen atoms in total. The zero-order valence-electron chi connectivity index (χ0n) is 13.6. The lowest BCUT2D eigenvalue weighted by atomic mass is 10.1. The van der Waals surface area contributed by atoms with Crippen molar-refractivity contribution in [2.24, 2.45) is 0 Å². The molecule has 1 aromatic heterocycles. The molecule has 0 amide bonds. The SMILES string of the molecule is Cc1ccccc1S(=O)(=O)N1CCOC[C@H]1CCc1cnccn1. The molecule has 3 rings (SSSR count). The van der Waals surface area contributed by atoms with Crippen molar-refractivity contribution in [3.8, 4) is 0 Å². The Labute approximate surface area is 142 Å². The first-order valence-electron chi connectivity index (χ1n) is 7.99. The van der Waals surface area contributed by atoms with Gasteiger partial charge in [-0.1, -0.05) is 18.2 Å². The van der Waals surface area contributed by atoms with E-state index in [0.29, 0.717) is 37.5 Å². The molecule has 0 spiro atoms. The molecule has 128 valence electrons. The van der Waals surface area contributed by atoms with Gasteiger partial charge in [-0.15, -0.1) is 0 Å². The van der Waals surface area contributed by atoms with Crippen LogP contribution in [0.15, 0.2) is 47.8 Å². The molecule has 0 bridgehead atoms. The fraction of sp³-hybridized carbons (Fsp3) is 0.412. The highest BCUT2D eigenvalue weighted by molar-refractivity contribution is 7.89. The van der Waals surface area contributed by atoms with Crippen LogP contribution in [0.25, 0.3) is 0 Å². The Morgan fingerprint density at radius 3 is 2.88 bits per heavy atom. The number of aromatic nitrogens is 2. The molecular weight excluding hydrogens is 326 g/mol. The average Bonchev–Trinajstić information content (AvgIpc) is 2.61. The van der Waals surface area contributed by atoms with Crippen LogP contribution in [-0.4, -0.2) is 48.5 Å². The quantitative estimate of drug-likeness (QED) is 0.825. The molecule has 1 fully saturated rings. The molecule has 24 heavy (non-hydrogen) atoms. The number of rotatable bonds is 5. The number of benzene rings is 1. The summed E-state index contributed by atoms with van der Waals surface area (Å²) >= 11 is 0. The van der Waals surface area contributed by atoms with Crippen LogP contribution in [0.1, 0.15) is 17.7 Å². The van der Waals surface area contributed by atoms with Crippen molar-refractivity contribution in [1.29, 1.82) is 0 Å². The summed E-state index contributed by atoms with van der Waals surface area (Å²) in [6, 6.07) is 6.90. The molecule has 0 unspecified atom stereocenters. The molecule has 0 saturated carbocycles. The van der Waals surface area contributed by atoms with E-state index >= 15 is 0 Å². The van der Waals surface area contributed by atoms with Gasteiger partial charge in [0.15, 0.2) is 0 Å². The topological polar surface area (TPSA) is 72.4 Å². The van der Waals surface area contributed by atoms with Gasteiger partial charge in [0.1, 0.15) is 0 Å². The molecule has 1 aromatic carbocycles. The molecule has 0 radical (unpaired) electrons. The highest BCUT2D eigenvalue weighted by Gasteiger charge is 2.34. The summed E-state index contributed by atoms with van der Waals surface area (Å²) in [5, 5.41) is 0. The lowest BCUT2D eigenvalue weighted by molar-refractivity contribution is 0.0297. The average molecular weight is 347 g/mol. The second-order valence-corrected chi connectivity index (χ2v) is 7.70. The summed E-state index contributed by atoms with van der Waals surface area (Å²) in [7, 11) is -3.53. The van der Waals surface area contributed by atoms with Gasteiger partial charge >= 0.3 is 0 Å². The lowest BCUT2D eigenvalue weighted by Gasteiger charge is -2.35. The van der Waals surface area contributed by atoms with Gasteiger partial charge in [-0.3, -0.25) is 9.97 Å². The Hall–Kier alpha value is -1.83. The van der Waals surface area contributed by atoms with Gasteiger partial charge in [-0.25, -0.2) is 8.42 Å². The van der Waals surface area contributed by atoms with Crippen molar-refractivity contribution in [2.45, 2.75) is 30.7 Å². The fourth-order valence-electron chi connectivity index (χ4n) is 2.93. The highest BCUT2D eigenvalue weighted by Crippen LogP contribution is 2.25. The van der Waals surface area contributed by atoms with E-state index in [1.807, 2.05) is 19.1 Å². The van der Waals surface area contributed by atoms with Crippen molar-refractivity contribution < 1.29 is 13.2 Å². The number of nitrogens with zero attached hydrogens (tertiary/aromatic N) is 3. The summed E-state index contributed by atoms with van der Waals surface area (Å²) in [6.45, 7) is 3.03. The summed E-state index contributed by atoms with van der Waals surface area (Å²) in [6.07, 6.45) is 6.31. The van der Waals surface area contributed by atoms with E-state index in [4.69, 9.17) is 4.74 Å². The fourth-order valence-corrected chi connectivity index (χ4v) is 4.78. The zero-order chi connectivity index (χ0) is 17.0. The smallest absolute Gasteiger partial charge is 0.243 e. The number of aryl methyl sites for hydroxylation is 2. The molecule has 2 aromatic rings. The third kappa shape index (κ3) is 3.63. The summed E-state index contributed by atoms with van der Waals surface area (Å²) in [5.41, 5.74) is 1.62. The number of hydrogen-bond acceptors (Lipinski definition) is 5. The Morgan fingerprint density at radius 1 is 1.29 bits per heavy atom. The maximum absolute atomic E-state index is 13.1. The van der Waals surface area contributed by atoms with Gasteiger partial charge in [-0.05, 0) is 31.4 Å². The van der Waals surface area contributed by atoms with Crippen molar-refractivity contribution in [3.05, 3.63) is 54.1 Å².